The minimum atomic E-state index is -0.706. The van der Waals surface area contributed by atoms with E-state index in [4.69, 9.17) is 4.74 Å². The largest absolute Gasteiger partial charge is 0.497 e. The molecule has 17 heavy (non-hydrogen) atoms. The molecule has 0 radical (unpaired) electrons. The minimum absolute atomic E-state index is 0.695. The fraction of sp³-hybridized carbons (Fsp3) is 0.500. The molecule has 0 saturated heterocycles. The highest BCUT2D eigenvalue weighted by Crippen LogP contribution is 2.42. The van der Waals surface area contributed by atoms with Crippen molar-refractivity contribution in [3.63, 3.8) is 0 Å². The van der Waals surface area contributed by atoms with E-state index in [9.17, 15) is 9.90 Å². The van der Waals surface area contributed by atoms with E-state index in [2.05, 4.69) is 0 Å². The molecule has 1 N–H and O–H groups in total. The molecule has 1 aliphatic rings. The molecule has 0 heterocycles. The molecule has 3 heteroatoms. The summed E-state index contributed by atoms with van der Waals surface area (Å²) in [5, 5.41) is 9.53. The van der Waals surface area contributed by atoms with Gasteiger partial charge < -0.3 is 9.84 Å². The summed E-state index contributed by atoms with van der Waals surface area (Å²) in [5.74, 6) is 0.0372. The van der Waals surface area contributed by atoms with Gasteiger partial charge in [0, 0.05) is 0 Å². The SMILES string of the molecule is COc1cc(C)cc(C2(C(=O)O)CCCC2)c1. The van der Waals surface area contributed by atoms with Crippen molar-refractivity contribution in [3.05, 3.63) is 29.3 Å². The van der Waals surface area contributed by atoms with Gasteiger partial charge in [-0.2, -0.15) is 0 Å². The quantitative estimate of drug-likeness (QED) is 0.874. The molecular formula is C14H18O3. The summed E-state index contributed by atoms with van der Waals surface area (Å²) in [6, 6.07) is 5.77. The molecule has 0 unspecified atom stereocenters. The molecule has 2 rings (SSSR count). The van der Waals surface area contributed by atoms with E-state index in [0.29, 0.717) is 0 Å². The highest BCUT2D eigenvalue weighted by atomic mass is 16.5. The van der Waals surface area contributed by atoms with Gasteiger partial charge in [-0.25, -0.2) is 0 Å². The molecule has 0 bridgehead atoms. The Balaban J connectivity index is 2.50. The summed E-state index contributed by atoms with van der Waals surface area (Å²) in [5.41, 5.74) is 1.24. The average Bonchev–Trinajstić information content (AvgIpc) is 2.78. The summed E-state index contributed by atoms with van der Waals surface area (Å²) in [6.45, 7) is 1.97. The number of aryl methyl sites for hydroxylation is 1. The number of ether oxygens (including phenoxy) is 1. The Morgan fingerprint density at radius 2 is 1.94 bits per heavy atom. The van der Waals surface area contributed by atoms with E-state index < -0.39 is 11.4 Å². The first-order valence-corrected chi connectivity index (χ1v) is 5.98. The Morgan fingerprint density at radius 1 is 1.29 bits per heavy atom. The molecule has 0 aromatic heterocycles. The third kappa shape index (κ3) is 2.02. The standard InChI is InChI=1S/C14H18O3/c1-10-7-11(9-12(8-10)17-2)14(13(15)16)5-3-4-6-14/h7-9H,3-6H2,1-2H3,(H,15,16). The van der Waals surface area contributed by atoms with Crippen molar-refractivity contribution in [3.8, 4) is 5.75 Å². The number of hydrogen-bond donors (Lipinski definition) is 1. The number of carboxylic acids is 1. The number of rotatable bonds is 3. The van der Waals surface area contributed by atoms with Crippen LogP contribution < -0.4 is 4.74 Å². The van der Waals surface area contributed by atoms with Crippen LogP contribution in [0.1, 0.15) is 36.8 Å². The lowest BCUT2D eigenvalue weighted by Crippen LogP contribution is -2.32. The molecule has 1 aliphatic carbocycles. The number of methoxy groups -OCH3 is 1. The van der Waals surface area contributed by atoms with Crippen molar-refractivity contribution in [1.29, 1.82) is 0 Å². The molecule has 0 spiro atoms. The maximum atomic E-state index is 11.6. The van der Waals surface area contributed by atoms with Crippen LogP contribution >= 0.6 is 0 Å². The highest BCUT2D eigenvalue weighted by molar-refractivity contribution is 5.82. The molecule has 92 valence electrons. The lowest BCUT2D eigenvalue weighted by atomic mass is 9.78. The van der Waals surface area contributed by atoms with Gasteiger partial charge in [0.1, 0.15) is 5.75 Å². The number of benzene rings is 1. The zero-order valence-corrected chi connectivity index (χ0v) is 10.3. The predicted octanol–water partition coefficient (Wildman–Crippen LogP) is 2.90. The Labute approximate surface area is 101 Å². The molecule has 1 fully saturated rings. The van der Waals surface area contributed by atoms with Crippen LogP contribution in [0.25, 0.3) is 0 Å². The molecule has 1 aromatic rings. The first kappa shape index (κ1) is 12.0. The number of aliphatic carboxylic acids is 1. The number of carbonyl (C=O) groups is 1. The van der Waals surface area contributed by atoms with Crippen LogP contribution in [0, 0.1) is 6.92 Å². The topological polar surface area (TPSA) is 46.5 Å². The molecule has 1 saturated carbocycles. The highest BCUT2D eigenvalue weighted by Gasteiger charge is 2.43. The molecule has 0 amide bonds. The minimum Gasteiger partial charge on any atom is -0.497 e. The molecule has 0 atom stereocenters. The van der Waals surface area contributed by atoms with Gasteiger partial charge in [-0.1, -0.05) is 18.9 Å². The number of hydrogen-bond acceptors (Lipinski definition) is 2. The van der Waals surface area contributed by atoms with Crippen LogP contribution in [0.5, 0.6) is 5.75 Å². The van der Waals surface area contributed by atoms with Crippen molar-refractivity contribution in [1.82, 2.24) is 0 Å². The fourth-order valence-corrected chi connectivity index (χ4v) is 2.75. The van der Waals surface area contributed by atoms with Crippen LogP contribution in [0.2, 0.25) is 0 Å². The van der Waals surface area contributed by atoms with Gasteiger partial charge in [-0.3, -0.25) is 4.79 Å². The summed E-state index contributed by atoms with van der Waals surface area (Å²) >= 11 is 0. The lowest BCUT2D eigenvalue weighted by Gasteiger charge is -2.25. The maximum Gasteiger partial charge on any atom is 0.314 e. The second-order valence-corrected chi connectivity index (χ2v) is 4.83. The first-order chi connectivity index (χ1) is 8.08. The van der Waals surface area contributed by atoms with Gasteiger partial charge in [0.2, 0.25) is 0 Å². The summed E-state index contributed by atoms with van der Waals surface area (Å²) in [7, 11) is 1.61. The summed E-state index contributed by atoms with van der Waals surface area (Å²) < 4.78 is 5.23. The fourth-order valence-electron chi connectivity index (χ4n) is 2.75. The second kappa shape index (κ2) is 4.40. The van der Waals surface area contributed by atoms with Gasteiger partial charge >= 0.3 is 5.97 Å². The summed E-state index contributed by atoms with van der Waals surface area (Å²) in [4.78, 5) is 11.6. The van der Waals surface area contributed by atoms with Gasteiger partial charge in [0.15, 0.2) is 0 Å². The van der Waals surface area contributed by atoms with E-state index in [1.54, 1.807) is 7.11 Å². The Bertz CT molecular complexity index is 431. The first-order valence-electron chi connectivity index (χ1n) is 5.98. The second-order valence-electron chi connectivity index (χ2n) is 4.83. The van der Waals surface area contributed by atoms with Crippen LogP contribution in [0.15, 0.2) is 18.2 Å². The van der Waals surface area contributed by atoms with Crippen molar-refractivity contribution in [2.45, 2.75) is 38.0 Å². The van der Waals surface area contributed by atoms with E-state index in [-0.39, 0.29) is 0 Å². The third-order valence-corrected chi connectivity index (χ3v) is 3.71. The van der Waals surface area contributed by atoms with Gasteiger partial charge in [0.05, 0.1) is 12.5 Å². The van der Waals surface area contributed by atoms with Crippen molar-refractivity contribution in [2.24, 2.45) is 0 Å². The van der Waals surface area contributed by atoms with Crippen molar-refractivity contribution < 1.29 is 14.6 Å². The van der Waals surface area contributed by atoms with Crippen molar-refractivity contribution in [2.75, 3.05) is 7.11 Å². The van der Waals surface area contributed by atoms with Crippen LogP contribution in [-0.4, -0.2) is 18.2 Å². The molecular weight excluding hydrogens is 216 g/mol. The van der Waals surface area contributed by atoms with E-state index in [0.717, 1.165) is 42.6 Å². The predicted molar refractivity (Wildman–Crippen MR) is 65.5 cm³/mol. The van der Waals surface area contributed by atoms with E-state index in [1.165, 1.54) is 0 Å². The normalized spacial score (nSPS) is 18.0. The monoisotopic (exact) mass is 234 g/mol. The molecule has 0 aliphatic heterocycles. The number of carboxylic acid groups (broad SMARTS) is 1. The Kier molecular flexibility index (Phi) is 3.09. The smallest absolute Gasteiger partial charge is 0.314 e. The zero-order valence-electron chi connectivity index (χ0n) is 10.3. The molecule has 3 nitrogen and oxygen atoms in total. The Hall–Kier alpha value is -1.51. The van der Waals surface area contributed by atoms with Crippen LogP contribution in [0.3, 0.4) is 0 Å². The molecule has 1 aromatic carbocycles. The van der Waals surface area contributed by atoms with Gasteiger partial charge in [-0.05, 0) is 43.0 Å². The zero-order chi connectivity index (χ0) is 12.5. The summed E-state index contributed by atoms with van der Waals surface area (Å²) in [6.07, 6.45) is 3.44. The van der Waals surface area contributed by atoms with Gasteiger partial charge in [0.25, 0.3) is 0 Å². The van der Waals surface area contributed by atoms with E-state index >= 15 is 0 Å². The third-order valence-electron chi connectivity index (χ3n) is 3.71. The van der Waals surface area contributed by atoms with Crippen LogP contribution in [-0.2, 0) is 10.2 Å². The van der Waals surface area contributed by atoms with Gasteiger partial charge in [-0.15, -0.1) is 0 Å². The maximum absolute atomic E-state index is 11.6. The van der Waals surface area contributed by atoms with Crippen molar-refractivity contribution >= 4 is 5.97 Å². The van der Waals surface area contributed by atoms with Crippen LogP contribution in [0.4, 0.5) is 0 Å². The van der Waals surface area contributed by atoms with E-state index in [1.807, 2.05) is 25.1 Å². The average molecular weight is 234 g/mol. The lowest BCUT2D eigenvalue weighted by molar-refractivity contribution is -0.143. The Morgan fingerprint density at radius 3 is 2.47 bits per heavy atom.